The van der Waals surface area contributed by atoms with E-state index in [4.69, 9.17) is 4.74 Å². The number of hydrogen-bond donors (Lipinski definition) is 1. The van der Waals surface area contributed by atoms with Crippen molar-refractivity contribution in [2.24, 2.45) is 11.3 Å². The molecule has 0 aliphatic heterocycles. The molecule has 0 saturated heterocycles. The van der Waals surface area contributed by atoms with E-state index in [1.54, 1.807) is 0 Å². The maximum absolute atomic E-state index is 6.33. The molecule has 0 aromatic carbocycles. The molecule has 22 heavy (non-hydrogen) atoms. The van der Waals surface area contributed by atoms with Crippen molar-refractivity contribution in [1.82, 2.24) is 10.4 Å². The highest BCUT2D eigenvalue weighted by atomic mass is 16.5. The molecule has 0 amide bonds. The molecule has 0 spiro atoms. The third-order valence-corrected chi connectivity index (χ3v) is 5.38. The van der Waals surface area contributed by atoms with Crippen molar-refractivity contribution >= 4 is 0 Å². The first-order valence-corrected chi connectivity index (χ1v) is 8.63. The first kappa shape index (κ1) is 21.6. The first-order chi connectivity index (χ1) is 9.89. The van der Waals surface area contributed by atoms with E-state index < -0.39 is 0 Å². The first-order valence-electron chi connectivity index (χ1n) is 8.63. The van der Waals surface area contributed by atoms with Crippen LogP contribution in [0.25, 0.3) is 0 Å². The summed E-state index contributed by atoms with van der Waals surface area (Å²) in [4.78, 5) is 0. The van der Waals surface area contributed by atoms with Gasteiger partial charge in [0.25, 0.3) is 0 Å². The number of hydrogen-bond acceptors (Lipinski definition) is 3. The van der Waals surface area contributed by atoms with Crippen LogP contribution in [0, 0.1) is 11.3 Å². The molecule has 0 fully saturated rings. The zero-order valence-corrected chi connectivity index (χ0v) is 16.7. The molecule has 1 atom stereocenters. The molecule has 0 aromatic rings. The molecule has 3 nitrogen and oxygen atoms in total. The minimum Gasteiger partial charge on any atom is -0.373 e. The number of rotatable bonds is 10. The average Bonchev–Trinajstić information content (AvgIpc) is 2.42. The molecule has 0 saturated carbocycles. The zero-order chi connectivity index (χ0) is 17.6. The Morgan fingerprint density at radius 3 is 2.14 bits per heavy atom. The van der Waals surface area contributed by atoms with Gasteiger partial charge in [-0.05, 0) is 52.4 Å². The highest BCUT2D eigenvalue weighted by molar-refractivity contribution is 4.89. The fraction of sp³-hybridized carbons (Fsp3) is 0.895. The van der Waals surface area contributed by atoms with Crippen LogP contribution < -0.4 is 5.43 Å². The molecule has 0 aromatic heterocycles. The molecule has 1 N–H and O–H groups in total. The van der Waals surface area contributed by atoms with Gasteiger partial charge in [0.15, 0.2) is 0 Å². The average molecular weight is 313 g/mol. The second-order valence-electron chi connectivity index (χ2n) is 8.27. The van der Waals surface area contributed by atoms with Gasteiger partial charge in [0.05, 0.1) is 17.7 Å². The van der Waals surface area contributed by atoms with Crippen LogP contribution in [-0.4, -0.2) is 36.3 Å². The van der Waals surface area contributed by atoms with Crippen molar-refractivity contribution < 1.29 is 4.74 Å². The number of ether oxygens (including phenoxy) is 1. The maximum atomic E-state index is 6.33. The quantitative estimate of drug-likeness (QED) is 0.469. The Bertz CT molecular complexity index is 345. The van der Waals surface area contributed by atoms with Gasteiger partial charge in [-0.15, -0.1) is 0 Å². The molecule has 132 valence electrons. The highest BCUT2D eigenvalue weighted by Crippen LogP contribution is 2.37. The van der Waals surface area contributed by atoms with E-state index in [0.717, 1.165) is 13.0 Å². The van der Waals surface area contributed by atoms with Gasteiger partial charge in [-0.25, -0.2) is 5.01 Å². The minimum atomic E-state index is -0.141. The largest absolute Gasteiger partial charge is 0.373 e. The molecule has 0 heterocycles. The Hall–Kier alpha value is -0.380. The van der Waals surface area contributed by atoms with E-state index in [1.165, 1.54) is 0 Å². The van der Waals surface area contributed by atoms with Gasteiger partial charge in [0.2, 0.25) is 0 Å². The van der Waals surface area contributed by atoms with Crippen LogP contribution in [0.4, 0.5) is 0 Å². The monoisotopic (exact) mass is 312 g/mol. The number of likely N-dealkylation sites (N-methyl/N-ethyl adjacent to an activating group) is 1. The van der Waals surface area contributed by atoms with E-state index in [2.05, 4.69) is 91.9 Å². The lowest BCUT2D eigenvalue weighted by Crippen LogP contribution is -2.55. The predicted molar refractivity (Wildman–Crippen MR) is 97.9 cm³/mol. The van der Waals surface area contributed by atoms with Crippen molar-refractivity contribution in [3.63, 3.8) is 0 Å². The van der Waals surface area contributed by atoms with Gasteiger partial charge in [0.1, 0.15) is 0 Å². The van der Waals surface area contributed by atoms with Crippen LogP contribution in [0.5, 0.6) is 0 Å². The normalized spacial score (nSPS) is 15.8. The fourth-order valence-electron chi connectivity index (χ4n) is 1.97. The summed E-state index contributed by atoms with van der Waals surface area (Å²) in [6, 6.07) is 0. The van der Waals surface area contributed by atoms with E-state index in [-0.39, 0.29) is 16.6 Å². The molecular weight excluding hydrogens is 272 g/mol. The smallest absolute Gasteiger partial charge is 0.0678 e. The molecule has 0 bridgehead atoms. The third-order valence-electron chi connectivity index (χ3n) is 5.38. The van der Waals surface area contributed by atoms with E-state index in [9.17, 15) is 0 Å². The maximum Gasteiger partial charge on any atom is 0.0678 e. The number of nitrogens with zero attached hydrogens (tertiary/aromatic N) is 1. The van der Waals surface area contributed by atoms with Crippen molar-refractivity contribution in [1.29, 1.82) is 0 Å². The second kappa shape index (κ2) is 8.47. The summed E-state index contributed by atoms with van der Waals surface area (Å²) in [5.74, 6) is 0.527. The van der Waals surface area contributed by atoms with Crippen molar-refractivity contribution in [2.75, 3.05) is 20.2 Å². The van der Waals surface area contributed by atoms with Gasteiger partial charge >= 0.3 is 0 Å². The summed E-state index contributed by atoms with van der Waals surface area (Å²) in [6.45, 7) is 21.5. The lowest BCUT2D eigenvalue weighted by atomic mass is 9.75. The SMILES string of the molecule is C/C=C/C(C)CNN(C)C(C)(C)COC(C)(C)C(C)(C)CC. The van der Waals surface area contributed by atoms with Gasteiger partial charge in [-0.2, -0.15) is 0 Å². The minimum absolute atomic E-state index is 0.0588. The summed E-state index contributed by atoms with van der Waals surface area (Å²) in [5.41, 5.74) is 3.46. The fourth-order valence-corrected chi connectivity index (χ4v) is 1.97. The van der Waals surface area contributed by atoms with Crippen LogP contribution in [0.1, 0.15) is 68.7 Å². The standard InChI is InChI=1S/C19H40N2O/c1-11-13-16(3)14-20-21(10)18(6,7)15-22-19(8,9)17(4,5)12-2/h11,13,16,20H,12,14-15H2,1-10H3/b13-11+. The van der Waals surface area contributed by atoms with E-state index in [1.807, 2.05) is 0 Å². The molecule has 3 heteroatoms. The van der Waals surface area contributed by atoms with Crippen molar-refractivity contribution in [2.45, 2.75) is 79.9 Å². The summed E-state index contributed by atoms with van der Waals surface area (Å²) in [5, 5.41) is 2.18. The number of nitrogens with one attached hydrogen (secondary N) is 1. The van der Waals surface area contributed by atoms with Crippen LogP contribution in [-0.2, 0) is 4.74 Å². The van der Waals surface area contributed by atoms with Gasteiger partial charge in [-0.1, -0.05) is 39.8 Å². The van der Waals surface area contributed by atoms with Crippen molar-refractivity contribution in [3.05, 3.63) is 12.2 Å². The van der Waals surface area contributed by atoms with Gasteiger partial charge < -0.3 is 4.74 Å². The molecule has 0 rings (SSSR count). The Morgan fingerprint density at radius 1 is 1.14 bits per heavy atom. The van der Waals surface area contributed by atoms with Crippen LogP contribution in [0.2, 0.25) is 0 Å². The second-order valence-corrected chi connectivity index (χ2v) is 8.27. The highest BCUT2D eigenvalue weighted by Gasteiger charge is 2.38. The topological polar surface area (TPSA) is 24.5 Å². The van der Waals surface area contributed by atoms with E-state index >= 15 is 0 Å². The molecular formula is C19H40N2O. The number of hydrazine groups is 1. The predicted octanol–water partition coefficient (Wildman–Crippen LogP) is 4.65. The zero-order valence-electron chi connectivity index (χ0n) is 16.7. The molecule has 1 unspecified atom stereocenters. The summed E-state index contributed by atoms with van der Waals surface area (Å²) in [7, 11) is 2.10. The van der Waals surface area contributed by atoms with Crippen molar-refractivity contribution in [3.8, 4) is 0 Å². The Balaban J connectivity index is 4.56. The van der Waals surface area contributed by atoms with E-state index in [0.29, 0.717) is 12.5 Å². The summed E-state index contributed by atoms with van der Waals surface area (Å²) in [6.07, 6.45) is 5.43. The van der Waals surface area contributed by atoms with Gasteiger partial charge in [-0.3, -0.25) is 5.43 Å². The molecule has 0 aliphatic carbocycles. The lowest BCUT2D eigenvalue weighted by Gasteiger charge is -2.44. The number of allylic oxidation sites excluding steroid dienone is 1. The lowest BCUT2D eigenvalue weighted by molar-refractivity contribution is -0.132. The molecule has 0 radical (unpaired) electrons. The van der Waals surface area contributed by atoms with Gasteiger partial charge in [0, 0.05) is 13.6 Å². The van der Waals surface area contributed by atoms with Crippen LogP contribution in [0.3, 0.4) is 0 Å². The Kier molecular flexibility index (Phi) is 8.32. The Labute approximate surface area is 139 Å². The third kappa shape index (κ3) is 6.39. The summed E-state index contributed by atoms with van der Waals surface area (Å²) >= 11 is 0. The van der Waals surface area contributed by atoms with Crippen LogP contribution >= 0.6 is 0 Å². The Morgan fingerprint density at radius 2 is 1.68 bits per heavy atom. The molecule has 0 aliphatic rings. The van der Waals surface area contributed by atoms with Crippen LogP contribution in [0.15, 0.2) is 12.2 Å². The summed E-state index contributed by atoms with van der Waals surface area (Å²) < 4.78 is 6.33.